The number of rotatable bonds is 8. The summed E-state index contributed by atoms with van der Waals surface area (Å²) in [7, 11) is -3.41. The minimum atomic E-state index is -3.41. The summed E-state index contributed by atoms with van der Waals surface area (Å²) >= 11 is 1.42. The van der Waals surface area contributed by atoms with Gasteiger partial charge in [-0.3, -0.25) is 9.69 Å². The molecule has 176 valence electrons. The zero-order valence-corrected chi connectivity index (χ0v) is 20.9. The molecule has 0 radical (unpaired) electrons. The molecule has 0 aliphatic heterocycles. The van der Waals surface area contributed by atoms with Gasteiger partial charge in [0.25, 0.3) is 5.91 Å². The summed E-state index contributed by atoms with van der Waals surface area (Å²) in [5.74, 6) is 0.509. The molecule has 6 nitrogen and oxygen atoms in total. The van der Waals surface area contributed by atoms with E-state index in [0.29, 0.717) is 23.8 Å². The number of fused-ring (bicyclic) bond motifs is 1. The molecular formula is C26H26N2O4S2. The number of carbonyl (C=O) groups is 1. The Morgan fingerprint density at radius 2 is 1.74 bits per heavy atom. The molecule has 4 aromatic rings. The SMILES string of the molecule is CCOc1ccc2nc(N(Cc3ccccc3)C(=O)c3ccc(S(=O)(=O)C(C)C)cc3)sc2c1. The molecule has 0 aliphatic carbocycles. The van der Waals surface area contributed by atoms with Crippen LogP contribution in [0.25, 0.3) is 10.2 Å². The van der Waals surface area contributed by atoms with E-state index in [4.69, 9.17) is 9.72 Å². The summed E-state index contributed by atoms with van der Waals surface area (Å²) < 4.78 is 31.5. The van der Waals surface area contributed by atoms with Crippen LogP contribution in [0.4, 0.5) is 5.13 Å². The monoisotopic (exact) mass is 494 g/mol. The number of amides is 1. The van der Waals surface area contributed by atoms with Gasteiger partial charge in [-0.1, -0.05) is 41.7 Å². The van der Waals surface area contributed by atoms with Crippen molar-refractivity contribution in [1.82, 2.24) is 4.98 Å². The largest absolute Gasteiger partial charge is 0.494 e. The van der Waals surface area contributed by atoms with E-state index >= 15 is 0 Å². The summed E-state index contributed by atoms with van der Waals surface area (Å²) in [6, 6.07) is 21.5. The van der Waals surface area contributed by atoms with Crippen LogP contribution in [0.3, 0.4) is 0 Å². The van der Waals surface area contributed by atoms with Crippen LogP contribution in [0, 0.1) is 0 Å². The molecule has 1 amide bonds. The molecule has 0 aliphatic rings. The highest BCUT2D eigenvalue weighted by Crippen LogP contribution is 2.33. The molecule has 0 saturated carbocycles. The van der Waals surface area contributed by atoms with E-state index in [0.717, 1.165) is 21.5 Å². The molecule has 0 N–H and O–H groups in total. The first-order valence-corrected chi connectivity index (χ1v) is 13.4. The van der Waals surface area contributed by atoms with Gasteiger partial charge in [-0.05, 0) is 68.8 Å². The van der Waals surface area contributed by atoms with E-state index in [1.165, 1.54) is 23.5 Å². The molecule has 1 aromatic heterocycles. The van der Waals surface area contributed by atoms with Crippen molar-refractivity contribution in [3.05, 3.63) is 83.9 Å². The first-order chi connectivity index (χ1) is 16.3. The molecule has 0 fully saturated rings. The lowest BCUT2D eigenvalue weighted by molar-refractivity contribution is 0.0985. The fourth-order valence-corrected chi connectivity index (χ4v) is 5.52. The molecule has 34 heavy (non-hydrogen) atoms. The number of hydrogen-bond donors (Lipinski definition) is 0. The average molecular weight is 495 g/mol. The zero-order chi connectivity index (χ0) is 24.3. The van der Waals surface area contributed by atoms with Crippen molar-refractivity contribution in [2.45, 2.75) is 37.5 Å². The van der Waals surface area contributed by atoms with Gasteiger partial charge >= 0.3 is 0 Å². The summed E-state index contributed by atoms with van der Waals surface area (Å²) in [6.45, 7) is 6.11. The number of ether oxygens (including phenoxy) is 1. The molecule has 1 heterocycles. The second kappa shape index (κ2) is 9.95. The minimum Gasteiger partial charge on any atom is -0.494 e. The minimum absolute atomic E-state index is 0.206. The van der Waals surface area contributed by atoms with Gasteiger partial charge in [0.05, 0.1) is 33.5 Å². The number of benzene rings is 3. The highest BCUT2D eigenvalue weighted by molar-refractivity contribution is 7.92. The fraction of sp³-hybridized carbons (Fsp3) is 0.231. The smallest absolute Gasteiger partial charge is 0.260 e. The molecule has 0 saturated heterocycles. The Hall–Kier alpha value is -3.23. The molecular weight excluding hydrogens is 468 g/mol. The van der Waals surface area contributed by atoms with Crippen molar-refractivity contribution in [3.8, 4) is 5.75 Å². The molecule has 4 rings (SSSR count). The average Bonchev–Trinajstić information content (AvgIpc) is 3.26. The highest BCUT2D eigenvalue weighted by atomic mass is 32.2. The Morgan fingerprint density at radius 3 is 2.38 bits per heavy atom. The highest BCUT2D eigenvalue weighted by Gasteiger charge is 2.24. The Bertz CT molecular complexity index is 1400. The number of anilines is 1. The van der Waals surface area contributed by atoms with Gasteiger partial charge in [0, 0.05) is 5.56 Å². The Morgan fingerprint density at radius 1 is 1.03 bits per heavy atom. The first-order valence-electron chi connectivity index (χ1n) is 11.0. The normalized spacial score (nSPS) is 11.6. The topological polar surface area (TPSA) is 76.6 Å². The quantitative estimate of drug-likeness (QED) is 0.313. The van der Waals surface area contributed by atoms with Crippen LogP contribution in [-0.2, 0) is 16.4 Å². The van der Waals surface area contributed by atoms with Crippen molar-refractivity contribution >= 4 is 42.4 Å². The van der Waals surface area contributed by atoms with Crippen molar-refractivity contribution in [1.29, 1.82) is 0 Å². The molecule has 0 unspecified atom stereocenters. The van der Waals surface area contributed by atoms with Crippen molar-refractivity contribution in [2.24, 2.45) is 0 Å². The third-order valence-corrected chi connectivity index (χ3v) is 8.58. The molecule has 0 atom stereocenters. The van der Waals surface area contributed by atoms with Crippen molar-refractivity contribution in [2.75, 3.05) is 11.5 Å². The second-order valence-corrected chi connectivity index (χ2v) is 11.6. The predicted octanol–water partition coefficient (Wildman–Crippen LogP) is 5.72. The maximum atomic E-state index is 13.6. The summed E-state index contributed by atoms with van der Waals surface area (Å²) in [5.41, 5.74) is 2.14. The molecule has 3 aromatic carbocycles. The number of nitrogens with zero attached hydrogens (tertiary/aromatic N) is 2. The number of carbonyl (C=O) groups excluding carboxylic acids is 1. The van der Waals surface area contributed by atoms with Crippen LogP contribution in [0.2, 0.25) is 0 Å². The molecule has 0 bridgehead atoms. The van der Waals surface area contributed by atoms with E-state index in [9.17, 15) is 13.2 Å². The fourth-order valence-electron chi connectivity index (χ4n) is 3.47. The lowest BCUT2D eigenvalue weighted by Gasteiger charge is -2.20. The van der Waals surface area contributed by atoms with E-state index in [-0.39, 0.29) is 10.8 Å². The maximum Gasteiger partial charge on any atom is 0.260 e. The Kier molecular flexibility index (Phi) is 7.00. The van der Waals surface area contributed by atoms with Crippen molar-refractivity contribution in [3.63, 3.8) is 0 Å². The van der Waals surface area contributed by atoms with Gasteiger partial charge in [0.2, 0.25) is 0 Å². The molecule has 8 heteroatoms. The van der Waals surface area contributed by atoms with Crippen molar-refractivity contribution < 1.29 is 17.9 Å². The van der Waals surface area contributed by atoms with Gasteiger partial charge in [-0.15, -0.1) is 0 Å². The Balaban J connectivity index is 1.71. The van der Waals surface area contributed by atoms with Gasteiger partial charge in [-0.2, -0.15) is 0 Å². The first kappa shape index (κ1) is 23.9. The van der Waals surface area contributed by atoms with Gasteiger partial charge in [0.1, 0.15) is 5.75 Å². The number of sulfone groups is 1. The molecule has 0 spiro atoms. The van der Waals surface area contributed by atoms with Crippen LogP contribution in [0.5, 0.6) is 5.75 Å². The van der Waals surface area contributed by atoms with Gasteiger partial charge in [-0.25, -0.2) is 13.4 Å². The third-order valence-electron chi connectivity index (χ3n) is 5.37. The van der Waals surface area contributed by atoms with E-state index in [1.54, 1.807) is 30.9 Å². The van der Waals surface area contributed by atoms with Crippen LogP contribution < -0.4 is 9.64 Å². The van der Waals surface area contributed by atoms with Crippen LogP contribution in [0.15, 0.2) is 77.7 Å². The lowest BCUT2D eigenvalue weighted by atomic mass is 10.1. The number of thiazole rings is 1. The maximum absolute atomic E-state index is 13.6. The zero-order valence-electron chi connectivity index (χ0n) is 19.3. The van der Waals surface area contributed by atoms with Gasteiger partial charge < -0.3 is 4.74 Å². The summed E-state index contributed by atoms with van der Waals surface area (Å²) in [5, 5.41) is 0.0318. The van der Waals surface area contributed by atoms with E-state index in [2.05, 4.69) is 0 Å². The standard InChI is InChI=1S/C26H26N2O4S2/c1-4-32-21-12-15-23-24(16-21)33-26(27-23)28(17-19-8-6-5-7-9-19)25(29)20-10-13-22(14-11-20)34(30,31)18(2)3/h5-16,18H,4,17H2,1-3H3. The second-order valence-electron chi connectivity index (χ2n) is 8.05. The lowest BCUT2D eigenvalue weighted by Crippen LogP contribution is -2.30. The number of aromatic nitrogens is 1. The summed E-state index contributed by atoms with van der Waals surface area (Å²) in [6.07, 6.45) is 0. The summed E-state index contributed by atoms with van der Waals surface area (Å²) in [4.78, 5) is 20.2. The van der Waals surface area contributed by atoms with Crippen LogP contribution >= 0.6 is 11.3 Å². The Labute approximate surface area is 203 Å². The third kappa shape index (κ3) is 4.98. The van der Waals surface area contributed by atoms with Crippen LogP contribution in [0.1, 0.15) is 36.7 Å². The number of hydrogen-bond acceptors (Lipinski definition) is 6. The van der Waals surface area contributed by atoms with E-state index in [1.807, 2.05) is 55.5 Å². The van der Waals surface area contributed by atoms with Crippen LogP contribution in [-0.4, -0.2) is 31.2 Å². The van der Waals surface area contributed by atoms with Gasteiger partial charge in [0.15, 0.2) is 15.0 Å². The predicted molar refractivity (Wildman–Crippen MR) is 137 cm³/mol. The van der Waals surface area contributed by atoms with E-state index < -0.39 is 15.1 Å².